The van der Waals surface area contributed by atoms with Crippen molar-refractivity contribution in [2.24, 2.45) is 17.0 Å². The third-order valence-electron chi connectivity index (χ3n) is 6.71. The highest BCUT2D eigenvalue weighted by molar-refractivity contribution is 5.88. The van der Waals surface area contributed by atoms with Crippen LogP contribution in [0.2, 0.25) is 0 Å². The third-order valence-corrected chi connectivity index (χ3v) is 6.71. The van der Waals surface area contributed by atoms with Crippen LogP contribution in [0.15, 0.2) is 41.8 Å². The molecule has 0 amide bonds. The van der Waals surface area contributed by atoms with Gasteiger partial charge in [0.05, 0.1) is 5.71 Å². The molecular formula is C26H39N7O2. The number of nitrogen functional groups attached to an aromatic ring is 2. The van der Waals surface area contributed by atoms with Crippen molar-refractivity contribution in [3.63, 3.8) is 0 Å². The van der Waals surface area contributed by atoms with Crippen LogP contribution in [0.5, 0.6) is 0 Å². The van der Waals surface area contributed by atoms with Crippen LogP contribution in [0, 0.1) is 11.8 Å². The van der Waals surface area contributed by atoms with E-state index in [1.807, 2.05) is 24.3 Å². The van der Waals surface area contributed by atoms with Gasteiger partial charge in [0, 0.05) is 37.2 Å². The van der Waals surface area contributed by atoms with E-state index in [9.17, 15) is 4.79 Å². The lowest BCUT2D eigenvalue weighted by Crippen LogP contribution is -2.34. The van der Waals surface area contributed by atoms with E-state index in [2.05, 4.69) is 32.0 Å². The minimum Gasteiger partial charge on any atom is -0.399 e. The molecule has 0 radical (unpaired) electrons. The van der Waals surface area contributed by atoms with Gasteiger partial charge in [-0.25, -0.2) is 9.97 Å². The molecule has 2 fully saturated rings. The molecule has 2 aliphatic heterocycles. The van der Waals surface area contributed by atoms with Crippen LogP contribution in [-0.2, 0) is 22.6 Å². The molecule has 0 unspecified atom stereocenters. The van der Waals surface area contributed by atoms with Gasteiger partial charge in [-0.1, -0.05) is 5.16 Å². The van der Waals surface area contributed by atoms with Crippen LogP contribution >= 0.6 is 0 Å². The predicted octanol–water partition coefficient (Wildman–Crippen LogP) is 2.63. The Balaban J connectivity index is 0.000000198. The van der Waals surface area contributed by atoms with Crippen molar-refractivity contribution < 1.29 is 9.63 Å². The van der Waals surface area contributed by atoms with Crippen LogP contribution in [0.3, 0.4) is 0 Å². The van der Waals surface area contributed by atoms with E-state index in [0.29, 0.717) is 17.6 Å². The van der Waals surface area contributed by atoms with Crippen LogP contribution in [-0.4, -0.2) is 72.1 Å². The maximum absolute atomic E-state index is 10.6. The first-order valence-corrected chi connectivity index (χ1v) is 12.3. The Kier molecular flexibility index (Phi) is 10.4. The molecule has 4 N–H and O–H groups in total. The number of nitrogens with two attached hydrogens (primary N) is 2. The molecule has 2 aromatic heterocycles. The van der Waals surface area contributed by atoms with Crippen molar-refractivity contribution in [2.75, 3.05) is 51.8 Å². The first-order chi connectivity index (χ1) is 17.0. The number of aromatic nitrogens is 2. The van der Waals surface area contributed by atoms with E-state index >= 15 is 0 Å². The summed E-state index contributed by atoms with van der Waals surface area (Å²) < 4.78 is 0. The summed E-state index contributed by atoms with van der Waals surface area (Å²) in [6, 6.07) is 7.78. The summed E-state index contributed by atoms with van der Waals surface area (Å²) in [6.45, 7) is 5.12. The number of carbonyl (C=O) groups excluding carboxylic acids is 1. The maximum Gasteiger partial charge on any atom is 0.123 e. The second-order valence-corrected chi connectivity index (χ2v) is 9.45. The number of rotatable bonds is 7. The smallest absolute Gasteiger partial charge is 0.123 e. The Labute approximate surface area is 208 Å². The van der Waals surface area contributed by atoms with Crippen molar-refractivity contribution >= 4 is 23.6 Å². The van der Waals surface area contributed by atoms with Gasteiger partial charge in [-0.2, -0.15) is 0 Å². The third kappa shape index (κ3) is 8.92. The number of hydrogen-bond donors (Lipinski definition) is 2. The van der Waals surface area contributed by atoms with Gasteiger partial charge in [-0.15, -0.1) is 0 Å². The molecule has 2 saturated heterocycles. The van der Waals surface area contributed by atoms with Gasteiger partial charge in [0.25, 0.3) is 0 Å². The lowest BCUT2D eigenvalue weighted by molar-refractivity contribution is -0.112. The van der Waals surface area contributed by atoms with Gasteiger partial charge in [0.2, 0.25) is 0 Å². The van der Waals surface area contributed by atoms with E-state index in [4.69, 9.17) is 16.3 Å². The van der Waals surface area contributed by atoms with Gasteiger partial charge in [0.1, 0.15) is 25.0 Å². The number of hydrogen-bond acceptors (Lipinski definition) is 9. The summed E-state index contributed by atoms with van der Waals surface area (Å²) in [5.41, 5.74) is 14.8. The van der Waals surface area contributed by atoms with Crippen molar-refractivity contribution in [1.29, 1.82) is 0 Å². The van der Waals surface area contributed by atoms with Crippen molar-refractivity contribution in [3.05, 3.63) is 47.8 Å². The number of piperidine rings is 2. The highest BCUT2D eigenvalue weighted by Crippen LogP contribution is 2.21. The average molecular weight is 482 g/mol. The zero-order valence-corrected chi connectivity index (χ0v) is 21.0. The molecule has 0 atom stereocenters. The zero-order valence-electron chi connectivity index (χ0n) is 21.0. The van der Waals surface area contributed by atoms with Crippen LogP contribution in [0.4, 0.5) is 11.6 Å². The fourth-order valence-corrected chi connectivity index (χ4v) is 4.62. The molecule has 0 spiro atoms. The molecule has 0 aromatic carbocycles. The first-order valence-electron chi connectivity index (χ1n) is 12.3. The van der Waals surface area contributed by atoms with Crippen LogP contribution in [0.25, 0.3) is 0 Å². The van der Waals surface area contributed by atoms with Crippen LogP contribution in [0.1, 0.15) is 36.8 Å². The Hall–Kier alpha value is -3.04. The molecule has 4 rings (SSSR count). The molecule has 0 bridgehead atoms. The first kappa shape index (κ1) is 26.6. The van der Waals surface area contributed by atoms with Gasteiger partial charge in [-0.3, -0.25) is 4.90 Å². The molecule has 4 heterocycles. The maximum atomic E-state index is 10.6. The van der Waals surface area contributed by atoms with Crippen molar-refractivity contribution in [3.8, 4) is 0 Å². The number of anilines is 2. The minimum atomic E-state index is 0.263. The van der Waals surface area contributed by atoms with Gasteiger partial charge >= 0.3 is 0 Å². The van der Waals surface area contributed by atoms with E-state index in [0.717, 1.165) is 82.4 Å². The molecule has 2 aromatic rings. The number of carbonyl (C=O) groups is 1. The lowest BCUT2D eigenvalue weighted by atomic mass is 9.89. The molecule has 35 heavy (non-hydrogen) atoms. The minimum absolute atomic E-state index is 0.263. The second-order valence-electron chi connectivity index (χ2n) is 9.45. The second kappa shape index (κ2) is 13.7. The molecule has 9 heteroatoms. The molecule has 190 valence electrons. The largest absolute Gasteiger partial charge is 0.399 e. The Bertz CT molecular complexity index is 952. The summed E-state index contributed by atoms with van der Waals surface area (Å²) in [4.78, 5) is 28.3. The topological polar surface area (TPSA) is 123 Å². The van der Waals surface area contributed by atoms with E-state index in [1.165, 1.54) is 5.56 Å². The summed E-state index contributed by atoms with van der Waals surface area (Å²) >= 11 is 0. The number of aldehydes is 1. The number of likely N-dealkylation sites (tertiary alicyclic amines) is 2. The fraction of sp³-hybridized carbons (Fsp3) is 0.538. The molecule has 9 nitrogen and oxygen atoms in total. The van der Waals surface area contributed by atoms with Gasteiger partial charge in [0.15, 0.2) is 0 Å². The van der Waals surface area contributed by atoms with Gasteiger partial charge in [-0.05, 0) is 94.3 Å². The monoisotopic (exact) mass is 481 g/mol. The SMILES string of the molecule is CON=C(Cc1ccnc(N)c1)C1CCN(C)CC1.Nc1cc(CN2CCC(C=O)CC2)ccn1. The number of pyridine rings is 2. The predicted molar refractivity (Wildman–Crippen MR) is 140 cm³/mol. The summed E-state index contributed by atoms with van der Waals surface area (Å²) in [5.74, 6) is 1.89. The van der Waals surface area contributed by atoms with E-state index in [-0.39, 0.29) is 5.92 Å². The highest BCUT2D eigenvalue weighted by Gasteiger charge is 2.22. The molecule has 0 saturated carbocycles. The Morgan fingerprint density at radius 1 is 1.03 bits per heavy atom. The average Bonchev–Trinajstić information content (AvgIpc) is 2.85. The Morgan fingerprint density at radius 2 is 1.63 bits per heavy atom. The normalized spacial score (nSPS) is 18.5. The molecule has 2 aliphatic rings. The van der Waals surface area contributed by atoms with Crippen LogP contribution < -0.4 is 11.5 Å². The zero-order chi connectivity index (χ0) is 25.0. The quantitative estimate of drug-likeness (QED) is 0.351. The van der Waals surface area contributed by atoms with Crippen molar-refractivity contribution in [2.45, 2.75) is 38.6 Å². The molecule has 0 aliphatic carbocycles. The fourth-order valence-electron chi connectivity index (χ4n) is 4.62. The standard InChI is InChI=1S/C14H22N4O.C12H17N3O/c1-18-7-4-12(5-8-18)13(17-19-2)9-11-3-6-16-14(15)10-11;13-12-7-11(1-4-14-12)8-15-5-2-10(9-16)3-6-15/h3,6,10,12H,4-5,7-9H2,1-2H3,(H2,15,16);1,4,7,9-10H,2-3,5-6,8H2,(H2,13,14). The van der Waals surface area contributed by atoms with Gasteiger partial charge < -0.3 is 26.0 Å². The number of oxime groups is 1. The lowest BCUT2D eigenvalue weighted by Gasteiger charge is -2.29. The number of nitrogens with zero attached hydrogens (tertiary/aromatic N) is 5. The summed E-state index contributed by atoms with van der Waals surface area (Å²) in [7, 11) is 3.77. The van der Waals surface area contributed by atoms with E-state index in [1.54, 1.807) is 19.5 Å². The van der Waals surface area contributed by atoms with E-state index < -0.39 is 0 Å². The Morgan fingerprint density at radius 3 is 2.20 bits per heavy atom. The molecular weight excluding hydrogens is 442 g/mol. The van der Waals surface area contributed by atoms with Crippen molar-refractivity contribution in [1.82, 2.24) is 19.8 Å². The highest BCUT2D eigenvalue weighted by atomic mass is 16.6. The summed E-state index contributed by atoms with van der Waals surface area (Å²) in [6.07, 6.45) is 9.58. The summed E-state index contributed by atoms with van der Waals surface area (Å²) in [5, 5.41) is 4.23.